The van der Waals surface area contributed by atoms with E-state index in [-0.39, 0.29) is 18.4 Å². The summed E-state index contributed by atoms with van der Waals surface area (Å²) in [5.41, 5.74) is -0.917. The van der Waals surface area contributed by atoms with Gasteiger partial charge in [0, 0.05) is 18.5 Å². The van der Waals surface area contributed by atoms with E-state index in [1.54, 1.807) is 13.8 Å². The standard InChI is InChI=1S/C23H32F3N5O5/c1-22(2)6-4-5-14-7-12(18(32)28-14)8-15(10-27)29-19(33)16-9-13(23(24,25)26)11-31(16)20(34)17(22)30-21(35)36-3/h12-17H,4-9,11H2,1-3H3,(H,28,32)(H,29,33)(H,30,35)/t12-,13+,14+,15?,16-,17+/m0/s1. The fraction of sp³-hybridized carbons (Fsp3) is 0.783. The molecule has 13 heteroatoms. The number of carbonyl (C=O) groups is 4. The van der Waals surface area contributed by atoms with E-state index in [9.17, 15) is 37.6 Å². The number of fused-ring (bicyclic) bond motifs is 3. The zero-order valence-corrected chi connectivity index (χ0v) is 20.5. The van der Waals surface area contributed by atoms with Crippen LogP contribution in [0.2, 0.25) is 0 Å². The number of methoxy groups -OCH3 is 1. The Morgan fingerprint density at radius 1 is 1.17 bits per heavy atom. The number of halogens is 3. The number of hydrogen-bond donors (Lipinski definition) is 3. The molecule has 4 amide bonds. The second kappa shape index (κ2) is 10.5. The van der Waals surface area contributed by atoms with Crippen LogP contribution in [0.25, 0.3) is 0 Å². The van der Waals surface area contributed by atoms with E-state index < -0.39 is 72.4 Å². The summed E-state index contributed by atoms with van der Waals surface area (Å²) in [7, 11) is 1.10. The summed E-state index contributed by atoms with van der Waals surface area (Å²) in [6, 6.07) is -2.11. The van der Waals surface area contributed by atoms with Crippen LogP contribution < -0.4 is 16.0 Å². The van der Waals surface area contributed by atoms with Crippen LogP contribution in [0.1, 0.15) is 52.4 Å². The second-order valence-corrected chi connectivity index (χ2v) is 10.5. The van der Waals surface area contributed by atoms with Crippen molar-refractivity contribution in [1.29, 1.82) is 5.26 Å². The van der Waals surface area contributed by atoms with Gasteiger partial charge >= 0.3 is 12.3 Å². The van der Waals surface area contributed by atoms with Crippen molar-refractivity contribution < 1.29 is 37.1 Å². The van der Waals surface area contributed by atoms with Crippen LogP contribution in [0, 0.1) is 28.6 Å². The molecule has 0 aromatic heterocycles. The number of ether oxygens (including phenoxy) is 1. The number of nitrogens with zero attached hydrogens (tertiary/aromatic N) is 2. The Labute approximate surface area is 207 Å². The third-order valence-electron chi connectivity index (χ3n) is 7.48. The summed E-state index contributed by atoms with van der Waals surface area (Å²) in [6.07, 6.45) is -4.23. The van der Waals surface area contributed by atoms with Gasteiger partial charge in [-0.05, 0) is 37.5 Å². The summed E-state index contributed by atoms with van der Waals surface area (Å²) >= 11 is 0. The molecule has 3 saturated heterocycles. The van der Waals surface area contributed by atoms with Crippen molar-refractivity contribution in [2.45, 2.75) is 82.7 Å². The zero-order valence-electron chi connectivity index (χ0n) is 20.5. The maximum absolute atomic E-state index is 13.7. The van der Waals surface area contributed by atoms with E-state index in [1.807, 2.05) is 6.07 Å². The molecule has 0 aromatic rings. The van der Waals surface area contributed by atoms with Crippen LogP contribution in [-0.4, -0.2) is 72.7 Å². The first-order valence-electron chi connectivity index (χ1n) is 12.0. The summed E-state index contributed by atoms with van der Waals surface area (Å²) in [5.74, 6) is -4.42. The Balaban J connectivity index is 2.00. The first-order chi connectivity index (χ1) is 16.8. The molecule has 2 bridgehead atoms. The van der Waals surface area contributed by atoms with Crippen molar-refractivity contribution in [1.82, 2.24) is 20.9 Å². The van der Waals surface area contributed by atoms with Gasteiger partial charge in [-0.2, -0.15) is 18.4 Å². The zero-order chi connectivity index (χ0) is 26.8. The predicted octanol–water partition coefficient (Wildman–Crippen LogP) is 1.60. The third-order valence-corrected chi connectivity index (χ3v) is 7.48. The number of rotatable bonds is 1. The highest BCUT2D eigenvalue weighted by Crippen LogP contribution is 2.39. The Kier molecular flexibility index (Phi) is 8.05. The first kappa shape index (κ1) is 27.5. The molecule has 1 unspecified atom stereocenters. The smallest absolute Gasteiger partial charge is 0.407 e. The maximum atomic E-state index is 13.7. The van der Waals surface area contributed by atoms with Crippen LogP contribution in [0.5, 0.6) is 0 Å². The fourth-order valence-corrected chi connectivity index (χ4v) is 5.37. The third kappa shape index (κ3) is 6.02. The van der Waals surface area contributed by atoms with E-state index >= 15 is 0 Å². The summed E-state index contributed by atoms with van der Waals surface area (Å²) in [6.45, 7) is 2.66. The quantitative estimate of drug-likeness (QED) is 0.485. The molecule has 3 fully saturated rings. The second-order valence-electron chi connectivity index (χ2n) is 10.5. The van der Waals surface area contributed by atoms with Crippen molar-refractivity contribution in [3.8, 4) is 6.07 Å². The molecule has 0 radical (unpaired) electrons. The molecule has 10 nitrogen and oxygen atoms in total. The Bertz CT molecular complexity index is 934. The minimum atomic E-state index is -4.65. The molecule has 3 aliphatic heterocycles. The molecule has 200 valence electrons. The number of carbonyl (C=O) groups excluding carboxylic acids is 4. The lowest BCUT2D eigenvalue weighted by Crippen LogP contribution is -2.58. The summed E-state index contributed by atoms with van der Waals surface area (Å²) in [4.78, 5) is 52.1. The van der Waals surface area contributed by atoms with Crippen molar-refractivity contribution >= 4 is 23.8 Å². The molecule has 3 aliphatic rings. The van der Waals surface area contributed by atoms with Gasteiger partial charge in [0.15, 0.2) is 0 Å². The minimum Gasteiger partial charge on any atom is -0.453 e. The van der Waals surface area contributed by atoms with Crippen LogP contribution >= 0.6 is 0 Å². The maximum Gasteiger partial charge on any atom is 0.407 e. The molecular weight excluding hydrogens is 483 g/mol. The number of nitriles is 1. The molecule has 0 aliphatic carbocycles. The topological polar surface area (TPSA) is 141 Å². The van der Waals surface area contributed by atoms with E-state index in [1.165, 1.54) is 0 Å². The molecule has 3 N–H and O–H groups in total. The van der Waals surface area contributed by atoms with Crippen molar-refractivity contribution in [2.24, 2.45) is 17.3 Å². The minimum absolute atomic E-state index is 0.0198. The van der Waals surface area contributed by atoms with Gasteiger partial charge in [-0.25, -0.2) is 4.79 Å². The monoisotopic (exact) mass is 515 g/mol. The van der Waals surface area contributed by atoms with Crippen molar-refractivity contribution in [3.05, 3.63) is 0 Å². The first-order valence-corrected chi connectivity index (χ1v) is 12.0. The fourth-order valence-electron chi connectivity index (χ4n) is 5.37. The Hall–Kier alpha value is -3.04. The number of alkyl halides is 3. The van der Waals surface area contributed by atoms with Gasteiger partial charge in [0.25, 0.3) is 0 Å². The van der Waals surface area contributed by atoms with Crippen molar-refractivity contribution in [2.75, 3.05) is 13.7 Å². The molecule has 0 saturated carbocycles. The summed E-state index contributed by atoms with van der Waals surface area (Å²) in [5, 5.41) is 17.3. The molecule has 0 spiro atoms. The van der Waals surface area contributed by atoms with Crippen molar-refractivity contribution in [3.63, 3.8) is 0 Å². The van der Waals surface area contributed by atoms with Gasteiger partial charge in [-0.3, -0.25) is 14.4 Å². The molecule has 3 rings (SSSR count). The van der Waals surface area contributed by atoms with Gasteiger partial charge in [-0.1, -0.05) is 20.3 Å². The van der Waals surface area contributed by atoms with Gasteiger partial charge in [0.05, 0.1) is 19.1 Å². The van der Waals surface area contributed by atoms with Crippen LogP contribution in [0.15, 0.2) is 0 Å². The highest BCUT2D eigenvalue weighted by molar-refractivity contribution is 5.92. The average Bonchev–Trinajstić information content (AvgIpc) is 3.39. The summed E-state index contributed by atoms with van der Waals surface area (Å²) < 4.78 is 45.6. The highest BCUT2D eigenvalue weighted by Gasteiger charge is 2.53. The number of amides is 4. The lowest BCUT2D eigenvalue weighted by atomic mass is 9.78. The molecule has 36 heavy (non-hydrogen) atoms. The van der Waals surface area contributed by atoms with E-state index in [0.29, 0.717) is 25.7 Å². The number of alkyl carbamates (subject to hydrolysis) is 1. The van der Waals surface area contributed by atoms with Crippen LogP contribution in [0.4, 0.5) is 18.0 Å². The molecule has 6 atom stereocenters. The van der Waals surface area contributed by atoms with Gasteiger partial charge in [0.1, 0.15) is 18.1 Å². The molecule has 0 aromatic carbocycles. The average molecular weight is 516 g/mol. The van der Waals surface area contributed by atoms with Gasteiger partial charge in [-0.15, -0.1) is 0 Å². The number of hydrogen-bond acceptors (Lipinski definition) is 6. The van der Waals surface area contributed by atoms with E-state index in [0.717, 1.165) is 12.0 Å². The largest absolute Gasteiger partial charge is 0.453 e. The Morgan fingerprint density at radius 2 is 1.86 bits per heavy atom. The SMILES string of the molecule is COC(=O)N[C@@H]1C(=O)N2C[C@H](C(F)(F)F)C[C@H]2C(=O)NC(C#N)C[C@@H]2C[C@@H](CCCC1(C)C)NC2=O. The number of nitrogens with one attached hydrogen (secondary N) is 3. The lowest BCUT2D eigenvalue weighted by Gasteiger charge is -2.37. The van der Waals surface area contributed by atoms with Crippen LogP contribution in [-0.2, 0) is 19.1 Å². The van der Waals surface area contributed by atoms with Gasteiger partial charge < -0.3 is 25.6 Å². The van der Waals surface area contributed by atoms with E-state index in [4.69, 9.17) is 0 Å². The van der Waals surface area contributed by atoms with Gasteiger partial charge in [0.2, 0.25) is 17.7 Å². The Morgan fingerprint density at radius 3 is 2.47 bits per heavy atom. The lowest BCUT2D eigenvalue weighted by molar-refractivity contribution is -0.171. The normalized spacial score (nSPS) is 33.4. The molecule has 3 heterocycles. The van der Waals surface area contributed by atoms with Crippen LogP contribution in [0.3, 0.4) is 0 Å². The highest BCUT2D eigenvalue weighted by atomic mass is 19.4. The van der Waals surface area contributed by atoms with E-state index in [2.05, 4.69) is 20.7 Å². The predicted molar refractivity (Wildman–Crippen MR) is 119 cm³/mol. The molecular formula is C23H32F3N5O5.